The van der Waals surface area contributed by atoms with Gasteiger partial charge < -0.3 is 20.5 Å². The lowest BCUT2D eigenvalue weighted by Crippen LogP contribution is -2.37. The van der Waals surface area contributed by atoms with E-state index in [2.05, 4.69) is 0 Å². The number of rotatable bonds is 6. The number of carboxylic acid groups (broad SMARTS) is 1. The molecular formula is C8H18N2O3. The van der Waals surface area contributed by atoms with E-state index in [1.165, 1.54) is 4.90 Å². The fourth-order valence-corrected chi connectivity index (χ4v) is 0.858. The first-order chi connectivity index (χ1) is 6.07. The Bertz CT molecular complexity index is 150. The molecule has 0 aliphatic rings. The molecule has 0 atom stereocenters. The van der Waals surface area contributed by atoms with Crippen LogP contribution >= 0.6 is 0 Å². The second-order valence-corrected chi connectivity index (χ2v) is 2.98. The van der Waals surface area contributed by atoms with Gasteiger partial charge in [-0.15, -0.1) is 0 Å². The first kappa shape index (κ1) is 12.2. The Morgan fingerprint density at radius 3 is 2.54 bits per heavy atom. The molecule has 0 fully saturated rings. The summed E-state index contributed by atoms with van der Waals surface area (Å²) in [6, 6.07) is 0. The zero-order valence-corrected chi connectivity index (χ0v) is 8.19. The maximum atomic E-state index is 10.6. The van der Waals surface area contributed by atoms with Crippen LogP contribution in [-0.4, -0.2) is 48.4 Å². The van der Waals surface area contributed by atoms with Crippen LogP contribution in [0.1, 0.15) is 13.8 Å². The number of carbonyl (C=O) groups is 1. The Morgan fingerprint density at radius 1 is 1.54 bits per heavy atom. The van der Waals surface area contributed by atoms with Crippen molar-refractivity contribution >= 4 is 6.09 Å². The molecule has 0 aliphatic carbocycles. The van der Waals surface area contributed by atoms with E-state index >= 15 is 0 Å². The van der Waals surface area contributed by atoms with Gasteiger partial charge in [-0.2, -0.15) is 0 Å². The van der Waals surface area contributed by atoms with Crippen molar-refractivity contribution in [3.8, 4) is 0 Å². The highest BCUT2D eigenvalue weighted by Crippen LogP contribution is 1.92. The molecule has 0 saturated heterocycles. The molecule has 0 aromatic rings. The van der Waals surface area contributed by atoms with Gasteiger partial charge in [-0.05, 0) is 13.8 Å². The smallest absolute Gasteiger partial charge is 0.407 e. The molecule has 78 valence electrons. The van der Waals surface area contributed by atoms with Crippen LogP contribution < -0.4 is 5.73 Å². The third-order valence-corrected chi connectivity index (χ3v) is 1.48. The minimum Gasteiger partial charge on any atom is -0.465 e. The summed E-state index contributed by atoms with van der Waals surface area (Å²) in [4.78, 5) is 11.8. The Labute approximate surface area is 78.5 Å². The van der Waals surface area contributed by atoms with E-state index in [0.29, 0.717) is 26.2 Å². The average Bonchev–Trinajstić information content (AvgIpc) is 2.02. The molecule has 0 rings (SSSR count). The highest BCUT2D eigenvalue weighted by molar-refractivity contribution is 5.64. The minimum absolute atomic E-state index is 0.133. The van der Waals surface area contributed by atoms with Crippen molar-refractivity contribution in [3.05, 3.63) is 0 Å². The van der Waals surface area contributed by atoms with Crippen LogP contribution in [0.2, 0.25) is 0 Å². The van der Waals surface area contributed by atoms with Crippen molar-refractivity contribution in [2.45, 2.75) is 20.0 Å². The molecule has 0 aromatic carbocycles. The topological polar surface area (TPSA) is 75.8 Å². The van der Waals surface area contributed by atoms with Gasteiger partial charge in [-0.3, -0.25) is 0 Å². The molecule has 0 bridgehead atoms. The molecular weight excluding hydrogens is 172 g/mol. The van der Waals surface area contributed by atoms with Crippen LogP contribution in [0.5, 0.6) is 0 Å². The van der Waals surface area contributed by atoms with Crippen LogP contribution in [-0.2, 0) is 4.74 Å². The zero-order valence-electron chi connectivity index (χ0n) is 8.19. The summed E-state index contributed by atoms with van der Waals surface area (Å²) in [5, 5.41) is 8.68. The molecule has 0 radical (unpaired) electrons. The number of hydrogen-bond donors (Lipinski definition) is 2. The Morgan fingerprint density at radius 2 is 2.15 bits per heavy atom. The Balaban J connectivity index is 3.63. The van der Waals surface area contributed by atoms with Gasteiger partial charge in [0.25, 0.3) is 0 Å². The lowest BCUT2D eigenvalue weighted by atomic mass is 10.4. The van der Waals surface area contributed by atoms with Crippen molar-refractivity contribution in [1.82, 2.24) is 4.90 Å². The maximum absolute atomic E-state index is 10.6. The third-order valence-electron chi connectivity index (χ3n) is 1.48. The molecule has 0 heterocycles. The van der Waals surface area contributed by atoms with E-state index in [1.807, 2.05) is 13.8 Å². The van der Waals surface area contributed by atoms with Gasteiger partial charge in [0.2, 0.25) is 0 Å². The minimum atomic E-state index is -0.946. The molecule has 13 heavy (non-hydrogen) atoms. The fraction of sp³-hybridized carbons (Fsp3) is 0.875. The van der Waals surface area contributed by atoms with Gasteiger partial charge in [-0.1, -0.05) is 0 Å². The van der Waals surface area contributed by atoms with Gasteiger partial charge >= 0.3 is 6.09 Å². The average molecular weight is 190 g/mol. The highest BCUT2D eigenvalue weighted by atomic mass is 16.5. The van der Waals surface area contributed by atoms with Crippen LogP contribution in [0.15, 0.2) is 0 Å². The van der Waals surface area contributed by atoms with Gasteiger partial charge in [0, 0.05) is 19.6 Å². The lowest BCUT2D eigenvalue weighted by Gasteiger charge is -2.18. The first-order valence-electron chi connectivity index (χ1n) is 4.37. The quantitative estimate of drug-likeness (QED) is 0.633. The zero-order chi connectivity index (χ0) is 10.3. The van der Waals surface area contributed by atoms with Crippen LogP contribution in [0.4, 0.5) is 4.79 Å². The van der Waals surface area contributed by atoms with E-state index in [0.717, 1.165) is 0 Å². The summed E-state index contributed by atoms with van der Waals surface area (Å²) in [5.41, 5.74) is 5.25. The van der Waals surface area contributed by atoms with E-state index in [1.54, 1.807) is 0 Å². The fourth-order valence-electron chi connectivity index (χ4n) is 0.858. The molecule has 0 unspecified atom stereocenters. The molecule has 0 saturated carbocycles. The molecule has 0 spiro atoms. The van der Waals surface area contributed by atoms with Crippen molar-refractivity contribution in [2.24, 2.45) is 5.73 Å². The van der Waals surface area contributed by atoms with Crippen molar-refractivity contribution in [1.29, 1.82) is 0 Å². The van der Waals surface area contributed by atoms with Gasteiger partial charge in [0.15, 0.2) is 0 Å². The Hall–Kier alpha value is -0.810. The number of nitrogens with zero attached hydrogens (tertiary/aromatic N) is 1. The lowest BCUT2D eigenvalue weighted by molar-refractivity contribution is 0.0583. The second-order valence-electron chi connectivity index (χ2n) is 2.98. The third kappa shape index (κ3) is 6.36. The molecule has 0 aliphatic heterocycles. The van der Waals surface area contributed by atoms with Crippen molar-refractivity contribution in [3.63, 3.8) is 0 Å². The SMILES string of the molecule is CC(C)OCCN(CCN)C(=O)O. The first-order valence-corrected chi connectivity index (χ1v) is 4.37. The summed E-state index contributed by atoms with van der Waals surface area (Å²) in [5.74, 6) is 0. The molecule has 5 nitrogen and oxygen atoms in total. The summed E-state index contributed by atoms with van der Waals surface area (Å²) < 4.78 is 5.22. The summed E-state index contributed by atoms with van der Waals surface area (Å²) in [7, 11) is 0. The predicted molar refractivity (Wildman–Crippen MR) is 49.7 cm³/mol. The van der Waals surface area contributed by atoms with Crippen LogP contribution in [0.3, 0.4) is 0 Å². The summed E-state index contributed by atoms with van der Waals surface area (Å²) in [6.45, 7) is 5.32. The van der Waals surface area contributed by atoms with Crippen molar-refractivity contribution < 1.29 is 14.6 Å². The predicted octanol–water partition coefficient (Wildman–Crippen LogP) is 0.350. The maximum Gasteiger partial charge on any atom is 0.407 e. The Kier molecular flexibility index (Phi) is 6.26. The van der Waals surface area contributed by atoms with Crippen molar-refractivity contribution in [2.75, 3.05) is 26.2 Å². The summed E-state index contributed by atoms with van der Waals surface area (Å²) in [6.07, 6.45) is -0.814. The molecule has 5 heteroatoms. The van der Waals surface area contributed by atoms with E-state index in [4.69, 9.17) is 15.6 Å². The number of hydrogen-bond acceptors (Lipinski definition) is 3. The van der Waals surface area contributed by atoms with Gasteiger partial charge in [0.05, 0.1) is 12.7 Å². The van der Waals surface area contributed by atoms with Gasteiger partial charge in [0.1, 0.15) is 0 Å². The molecule has 3 N–H and O–H groups in total. The van der Waals surface area contributed by atoms with E-state index < -0.39 is 6.09 Å². The summed E-state index contributed by atoms with van der Waals surface area (Å²) >= 11 is 0. The number of amides is 1. The monoisotopic (exact) mass is 190 g/mol. The largest absolute Gasteiger partial charge is 0.465 e. The molecule has 1 amide bonds. The van der Waals surface area contributed by atoms with Crippen LogP contribution in [0.25, 0.3) is 0 Å². The number of nitrogens with two attached hydrogens (primary N) is 1. The normalized spacial score (nSPS) is 10.5. The van der Waals surface area contributed by atoms with Crippen LogP contribution in [0, 0.1) is 0 Å². The van der Waals surface area contributed by atoms with E-state index in [-0.39, 0.29) is 6.10 Å². The molecule has 0 aromatic heterocycles. The number of ether oxygens (including phenoxy) is 1. The standard InChI is InChI=1S/C8H18N2O3/c1-7(2)13-6-5-10(4-3-9)8(11)12/h7H,3-6,9H2,1-2H3,(H,11,12). The second kappa shape index (κ2) is 6.68. The highest BCUT2D eigenvalue weighted by Gasteiger charge is 2.09. The van der Waals surface area contributed by atoms with E-state index in [9.17, 15) is 4.79 Å². The van der Waals surface area contributed by atoms with Gasteiger partial charge in [-0.25, -0.2) is 4.79 Å².